The topological polar surface area (TPSA) is 35.9 Å². The molecule has 4 heteroatoms. The van der Waals surface area contributed by atoms with E-state index in [2.05, 4.69) is 37.5 Å². The highest BCUT2D eigenvalue weighted by Gasteiger charge is 2.61. The number of likely N-dealkylation sites (N-methyl/N-ethyl adjacent to an activating group) is 1. The predicted molar refractivity (Wildman–Crippen MR) is 98.1 cm³/mol. The van der Waals surface area contributed by atoms with Crippen LogP contribution < -0.4 is 0 Å². The van der Waals surface area contributed by atoms with Gasteiger partial charge in [-0.05, 0) is 49.0 Å². The first-order chi connectivity index (χ1) is 11.4. The van der Waals surface area contributed by atoms with Crippen LogP contribution in [-0.2, 0) is 4.74 Å². The van der Waals surface area contributed by atoms with Gasteiger partial charge in [-0.1, -0.05) is 27.7 Å². The summed E-state index contributed by atoms with van der Waals surface area (Å²) in [5.41, 5.74) is 0.744. The molecule has 3 aliphatic rings. The van der Waals surface area contributed by atoms with E-state index in [1.165, 1.54) is 19.3 Å². The van der Waals surface area contributed by atoms with Crippen LogP contribution in [0.25, 0.3) is 0 Å². The van der Waals surface area contributed by atoms with Crippen LogP contribution in [0.4, 0.5) is 0 Å². The summed E-state index contributed by atoms with van der Waals surface area (Å²) in [4.78, 5) is 4.88. The molecule has 0 aromatic heterocycles. The second-order valence-electron chi connectivity index (χ2n) is 9.15. The number of aliphatic hydroxyl groups is 1. The molecule has 3 rings (SSSR count). The third-order valence-electron chi connectivity index (χ3n) is 7.87. The third kappa shape index (κ3) is 3.40. The molecule has 2 bridgehead atoms. The summed E-state index contributed by atoms with van der Waals surface area (Å²) in [6.45, 7) is 16.6. The van der Waals surface area contributed by atoms with Gasteiger partial charge in [0.05, 0.1) is 12.2 Å². The molecule has 0 amide bonds. The van der Waals surface area contributed by atoms with Gasteiger partial charge in [0.1, 0.15) is 0 Å². The summed E-state index contributed by atoms with van der Waals surface area (Å²) in [5.74, 6) is 0.826. The Bertz CT molecular complexity index is 420. The van der Waals surface area contributed by atoms with Crippen LogP contribution in [0.15, 0.2) is 0 Å². The highest BCUT2D eigenvalue weighted by atomic mass is 16.5. The van der Waals surface area contributed by atoms with Crippen molar-refractivity contribution in [2.75, 3.05) is 45.9 Å². The number of nitrogens with zero attached hydrogens (tertiary/aromatic N) is 2. The molecule has 4 nitrogen and oxygen atoms in total. The van der Waals surface area contributed by atoms with E-state index in [0.717, 1.165) is 51.6 Å². The number of fused-ring (bicyclic) bond motifs is 2. The van der Waals surface area contributed by atoms with Gasteiger partial charge in [-0.25, -0.2) is 0 Å². The van der Waals surface area contributed by atoms with E-state index in [9.17, 15) is 5.11 Å². The van der Waals surface area contributed by atoms with Gasteiger partial charge < -0.3 is 14.7 Å². The normalized spacial score (nSPS) is 37.9. The first kappa shape index (κ1) is 18.6. The van der Waals surface area contributed by atoms with Gasteiger partial charge in [0.15, 0.2) is 0 Å². The van der Waals surface area contributed by atoms with Crippen molar-refractivity contribution in [1.82, 2.24) is 9.80 Å². The van der Waals surface area contributed by atoms with Gasteiger partial charge >= 0.3 is 0 Å². The van der Waals surface area contributed by atoms with Gasteiger partial charge in [-0.2, -0.15) is 0 Å². The summed E-state index contributed by atoms with van der Waals surface area (Å²) < 4.78 is 6.28. The summed E-state index contributed by atoms with van der Waals surface area (Å²) >= 11 is 0. The zero-order valence-corrected chi connectivity index (χ0v) is 16.3. The fourth-order valence-electron chi connectivity index (χ4n) is 5.41. The molecule has 1 N–H and O–H groups in total. The van der Waals surface area contributed by atoms with Crippen molar-refractivity contribution in [1.29, 1.82) is 0 Å². The number of β-amino-alcohol motifs (C(OH)–C–C–N with tert-alkyl or cyclic N) is 1. The van der Waals surface area contributed by atoms with E-state index in [-0.39, 0.29) is 6.10 Å². The van der Waals surface area contributed by atoms with E-state index in [4.69, 9.17) is 4.74 Å². The van der Waals surface area contributed by atoms with Crippen molar-refractivity contribution in [3.05, 3.63) is 0 Å². The van der Waals surface area contributed by atoms with E-state index < -0.39 is 0 Å². The lowest BCUT2D eigenvalue weighted by Crippen LogP contribution is -2.48. The Hall–Kier alpha value is -0.160. The summed E-state index contributed by atoms with van der Waals surface area (Å²) in [5, 5.41) is 10.4. The number of ether oxygens (including phenoxy) is 1. The molecule has 3 fully saturated rings. The van der Waals surface area contributed by atoms with Crippen LogP contribution in [0.5, 0.6) is 0 Å². The smallest absolute Gasteiger partial charge is 0.0689 e. The molecular weight excluding hydrogens is 300 g/mol. The monoisotopic (exact) mass is 338 g/mol. The van der Waals surface area contributed by atoms with E-state index in [0.29, 0.717) is 23.5 Å². The zero-order valence-electron chi connectivity index (χ0n) is 16.3. The maximum atomic E-state index is 10.4. The van der Waals surface area contributed by atoms with Crippen molar-refractivity contribution >= 4 is 0 Å². The zero-order chi connectivity index (χ0) is 17.4. The van der Waals surface area contributed by atoms with Crippen LogP contribution in [-0.4, -0.2) is 73.0 Å². The Morgan fingerprint density at radius 2 is 1.79 bits per heavy atom. The second kappa shape index (κ2) is 7.22. The Labute approximate surface area is 148 Å². The average Bonchev–Trinajstić information content (AvgIpc) is 2.89. The molecule has 1 saturated heterocycles. The van der Waals surface area contributed by atoms with Crippen LogP contribution >= 0.6 is 0 Å². The molecule has 0 unspecified atom stereocenters. The highest BCUT2D eigenvalue weighted by Crippen LogP contribution is 2.66. The lowest BCUT2D eigenvalue weighted by molar-refractivity contribution is -0.0570. The number of hydrogen-bond acceptors (Lipinski definition) is 4. The minimum absolute atomic E-state index is 0.252. The highest BCUT2D eigenvalue weighted by molar-refractivity contribution is 5.11. The average molecular weight is 339 g/mol. The van der Waals surface area contributed by atoms with Crippen molar-refractivity contribution in [3.8, 4) is 0 Å². The lowest BCUT2D eigenvalue weighted by Gasteiger charge is -2.39. The fraction of sp³-hybridized carbons (Fsp3) is 1.00. The van der Waals surface area contributed by atoms with E-state index in [1.807, 2.05) is 0 Å². The Balaban J connectivity index is 1.37. The minimum atomic E-state index is -0.252. The third-order valence-corrected chi connectivity index (χ3v) is 7.87. The maximum absolute atomic E-state index is 10.4. The molecule has 1 aliphatic heterocycles. The van der Waals surface area contributed by atoms with Crippen LogP contribution in [0, 0.1) is 16.7 Å². The van der Waals surface area contributed by atoms with Crippen molar-refractivity contribution in [2.45, 2.75) is 65.6 Å². The van der Waals surface area contributed by atoms with Crippen molar-refractivity contribution in [2.24, 2.45) is 16.7 Å². The lowest BCUT2D eigenvalue weighted by atomic mass is 9.70. The van der Waals surface area contributed by atoms with Gasteiger partial charge in [0.25, 0.3) is 0 Å². The minimum Gasteiger partial charge on any atom is -0.392 e. The van der Waals surface area contributed by atoms with Crippen molar-refractivity contribution < 1.29 is 9.84 Å². The Kier molecular flexibility index (Phi) is 5.60. The Morgan fingerprint density at radius 3 is 2.33 bits per heavy atom. The summed E-state index contributed by atoms with van der Waals surface area (Å²) in [7, 11) is 0. The second-order valence-corrected chi connectivity index (χ2v) is 9.15. The van der Waals surface area contributed by atoms with Gasteiger partial charge in [-0.15, -0.1) is 0 Å². The SMILES string of the molecule is CCN1CCN(C[C@H](O)CCO[C@H]2C[C@H]3CC[C@@]2(C)C3(C)C)CC1. The van der Waals surface area contributed by atoms with Crippen LogP contribution in [0.1, 0.15) is 53.4 Å². The first-order valence-corrected chi connectivity index (χ1v) is 10.1. The van der Waals surface area contributed by atoms with Gasteiger partial charge in [0, 0.05) is 39.3 Å². The standard InChI is InChI=1S/C20H38N2O2/c1-5-21-9-11-22(12-10-21)15-17(23)7-13-24-18-14-16-6-8-20(18,4)19(16,2)3/h16-18,23H,5-15H2,1-4H3/t16-,17-,18+,20-/m1/s1. The van der Waals surface area contributed by atoms with Crippen LogP contribution in [0.2, 0.25) is 0 Å². The number of piperazine rings is 1. The molecule has 0 radical (unpaired) electrons. The van der Waals surface area contributed by atoms with E-state index in [1.54, 1.807) is 0 Å². The number of hydrogen-bond donors (Lipinski definition) is 1. The quantitative estimate of drug-likeness (QED) is 0.774. The van der Waals surface area contributed by atoms with Crippen molar-refractivity contribution in [3.63, 3.8) is 0 Å². The molecule has 2 aliphatic carbocycles. The summed E-state index contributed by atoms with van der Waals surface area (Å²) in [6.07, 6.45) is 4.81. The predicted octanol–water partition coefficient (Wildman–Crippen LogP) is 2.61. The molecule has 1 heterocycles. The summed E-state index contributed by atoms with van der Waals surface area (Å²) in [6, 6.07) is 0. The number of rotatable bonds is 7. The fourth-order valence-corrected chi connectivity index (χ4v) is 5.41. The molecule has 0 aromatic rings. The van der Waals surface area contributed by atoms with E-state index >= 15 is 0 Å². The molecule has 140 valence electrons. The molecule has 0 aromatic carbocycles. The first-order valence-electron chi connectivity index (χ1n) is 10.1. The molecule has 0 spiro atoms. The number of aliphatic hydroxyl groups excluding tert-OH is 1. The molecule has 4 atom stereocenters. The van der Waals surface area contributed by atoms with Crippen LogP contribution in [0.3, 0.4) is 0 Å². The largest absolute Gasteiger partial charge is 0.392 e. The maximum Gasteiger partial charge on any atom is 0.0689 e. The molecule has 24 heavy (non-hydrogen) atoms. The van der Waals surface area contributed by atoms with Gasteiger partial charge in [0.2, 0.25) is 0 Å². The van der Waals surface area contributed by atoms with Gasteiger partial charge in [-0.3, -0.25) is 4.90 Å². The molecule has 2 saturated carbocycles. The molecular formula is C20H38N2O2. The Morgan fingerprint density at radius 1 is 1.12 bits per heavy atom.